The van der Waals surface area contributed by atoms with Crippen LogP contribution < -0.4 is 4.74 Å². The van der Waals surface area contributed by atoms with Gasteiger partial charge in [0.15, 0.2) is 11.5 Å². The van der Waals surface area contributed by atoms with Gasteiger partial charge in [-0.2, -0.15) is 5.10 Å². The third-order valence-corrected chi connectivity index (χ3v) is 6.04. The minimum atomic E-state index is -0.551. The molecule has 0 atom stereocenters. The highest BCUT2D eigenvalue weighted by molar-refractivity contribution is 5.96. The first-order chi connectivity index (χ1) is 18.4. The largest absolute Gasteiger partial charge is 0.508 e. The number of rotatable bonds is 7. The van der Waals surface area contributed by atoms with E-state index in [1.807, 2.05) is 37.2 Å². The third kappa shape index (κ3) is 4.50. The van der Waals surface area contributed by atoms with E-state index in [2.05, 4.69) is 25.1 Å². The van der Waals surface area contributed by atoms with Crippen molar-refractivity contribution in [3.05, 3.63) is 67.0 Å². The summed E-state index contributed by atoms with van der Waals surface area (Å²) in [4.78, 5) is 23.5. The molecule has 5 heterocycles. The second kappa shape index (κ2) is 9.52. The normalized spacial score (nSPS) is 11.6. The van der Waals surface area contributed by atoms with Crippen molar-refractivity contribution in [1.29, 1.82) is 0 Å². The monoisotopic (exact) mass is 510 g/mol. The molecule has 190 valence electrons. The molecule has 0 unspecified atom stereocenters. The summed E-state index contributed by atoms with van der Waals surface area (Å²) in [6.07, 6.45) is 6.63. The summed E-state index contributed by atoms with van der Waals surface area (Å²) in [7, 11) is 3.98. The lowest BCUT2D eigenvalue weighted by atomic mass is 10.1. The minimum Gasteiger partial charge on any atom is -0.508 e. The molecule has 6 aromatic rings. The van der Waals surface area contributed by atoms with Crippen LogP contribution in [0.3, 0.4) is 0 Å². The molecule has 3 N–H and O–H groups in total. The van der Waals surface area contributed by atoms with E-state index in [4.69, 9.17) is 14.7 Å². The van der Waals surface area contributed by atoms with Gasteiger partial charge in [0.1, 0.15) is 29.4 Å². The Morgan fingerprint density at radius 3 is 2.63 bits per heavy atom. The molecule has 0 radical (unpaired) electrons. The van der Waals surface area contributed by atoms with Crippen molar-refractivity contribution in [3.8, 4) is 45.4 Å². The molecule has 38 heavy (non-hydrogen) atoms. The molecule has 0 aliphatic rings. The minimum absolute atomic E-state index is 0.176. The number of nitrogens with zero attached hydrogens (tertiary/aromatic N) is 6. The molecule has 10 nitrogen and oxygen atoms in total. The predicted octanol–water partition coefficient (Wildman–Crippen LogP) is 4.41. The summed E-state index contributed by atoms with van der Waals surface area (Å²) in [6, 6.07) is 9.55. The average molecular weight is 511 g/mol. The van der Waals surface area contributed by atoms with Gasteiger partial charge in [0.05, 0.1) is 34.6 Å². The van der Waals surface area contributed by atoms with Crippen molar-refractivity contribution in [1.82, 2.24) is 40.0 Å². The maximum absolute atomic E-state index is 14.0. The number of aromatic nitrogens is 7. The SMILES string of the molecule is CN(C)CCOc1cncc(-c2ccc3[nH]nc(-c4nc5c(-c6cc(O)cc(F)c6)cncc5[nH]4)c3n2)c1. The van der Waals surface area contributed by atoms with Gasteiger partial charge in [0.2, 0.25) is 0 Å². The first-order valence-corrected chi connectivity index (χ1v) is 11.9. The fourth-order valence-electron chi connectivity index (χ4n) is 4.19. The lowest BCUT2D eigenvalue weighted by Gasteiger charge is -2.11. The Balaban J connectivity index is 1.38. The second-order valence-corrected chi connectivity index (χ2v) is 9.09. The van der Waals surface area contributed by atoms with Gasteiger partial charge in [-0.15, -0.1) is 0 Å². The highest BCUT2D eigenvalue weighted by Crippen LogP contribution is 2.33. The van der Waals surface area contributed by atoms with Crippen LogP contribution in [0.4, 0.5) is 4.39 Å². The lowest BCUT2D eigenvalue weighted by Crippen LogP contribution is -2.19. The Labute approximate surface area is 216 Å². The van der Waals surface area contributed by atoms with E-state index < -0.39 is 5.82 Å². The third-order valence-electron chi connectivity index (χ3n) is 6.04. The van der Waals surface area contributed by atoms with Crippen LogP contribution in [0.5, 0.6) is 11.5 Å². The molecule has 0 spiro atoms. The second-order valence-electron chi connectivity index (χ2n) is 9.09. The number of phenols is 1. The number of likely N-dealkylation sites (N-methyl/N-ethyl adjacent to an activating group) is 1. The number of halogens is 1. The topological polar surface area (TPSA) is 129 Å². The molecule has 0 fully saturated rings. The Morgan fingerprint density at radius 2 is 1.79 bits per heavy atom. The van der Waals surface area contributed by atoms with E-state index in [0.717, 1.165) is 23.7 Å². The summed E-state index contributed by atoms with van der Waals surface area (Å²) < 4.78 is 19.8. The Morgan fingerprint density at radius 1 is 0.921 bits per heavy atom. The van der Waals surface area contributed by atoms with Crippen LogP contribution in [0.15, 0.2) is 61.2 Å². The predicted molar refractivity (Wildman–Crippen MR) is 141 cm³/mol. The van der Waals surface area contributed by atoms with E-state index in [1.165, 1.54) is 12.1 Å². The van der Waals surface area contributed by atoms with Crippen molar-refractivity contribution in [2.24, 2.45) is 0 Å². The number of aromatic hydroxyl groups is 1. The molecule has 0 saturated carbocycles. The number of benzene rings is 1. The maximum Gasteiger partial charge on any atom is 0.161 e. The van der Waals surface area contributed by atoms with Gasteiger partial charge < -0.3 is 19.7 Å². The first kappa shape index (κ1) is 23.5. The van der Waals surface area contributed by atoms with Gasteiger partial charge in [-0.3, -0.25) is 15.1 Å². The van der Waals surface area contributed by atoms with Crippen molar-refractivity contribution in [2.45, 2.75) is 0 Å². The zero-order chi connectivity index (χ0) is 26.2. The first-order valence-electron chi connectivity index (χ1n) is 11.9. The highest BCUT2D eigenvalue weighted by atomic mass is 19.1. The standard InChI is InChI=1S/C27H23FN8O2/c1-36(2)5-6-38-19-9-16(11-29-12-19)21-3-4-22-25(31-21)26(35-34-22)27-32-23-14-30-13-20(24(23)33-27)15-7-17(28)10-18(37)8-15/h3-4,7-14,37H,5-6H2,1-2H3,(H,32,33)(H,34,35). The highest BCUT2D eigenvalue weighted by Gasteiger charge is 2.18. The van der Waals surface area contributed by atoms with E-state index >= 15 is 0 Å². The summed E-state index contributed by atoms with van der Waals surface area (Å²) in [5, 5.41) is 17.3. The molecular weight excluding hydrogens is 487 g/mol. The summed E-state index contributed by atoms with van der Waals surface area (Å²) in [5.74, 6) is 0.415. The van der Waals surface area contributed by atoms with E-state index in [0.29, 0.717) is 57.2 Å². The van der Waals surface area contributed by atoms with Gasteiger partial charge in [0.25, 0.3) is 0 Å². The summed E-state index contributed by atoms with van der Waals surface area (Å²) >= 11 is 0. The number of hydrogen-bond donors (Lipinski definition) is 3. The Bertz CT molecular complexity index is 1760. The van der Waals surface area contributed by atoms with Crippen LogP contribution in [0.2, 0.25) is 0 Å². The van der Waals surface area contributed by atoms with Crippen LogP contribution in [-0.2, 0) is 0 Å². The fraction of sp³-hybridized carbons (Fsp3) is 0.148. The number of aromatic amines is 2. The van der Waals surface area contributed by atoms with Crippen molar-refractivity contribution >= 4 is 22.1 Å². The smallest absolute Gasteiger partial charge is 0.161 e. The quantitative estimate of drug-likeness (QED) is 0.288. The van der Waals surface area contributed by atoms with Crippen molar-refractivity contribution in [2.75, 3.05) is 27.2 Å². The van der Waals surface area contributed by atoms with Gasteiger partial charge in [-0.05, 0) is 50.0 Å². The van der Waals surface area contributed by atoms with Crippen LogP contribution in [0, 0.1) is 5.82 Å². The zero-order valence-electron chi connectivity index (χ0n) is 20.6. The molecule has 0 aliphatic carbocycles. The molecular formula is C27H23FN8O2. The maximum atomic E-state index is 14.0. The van der Waals surface area contributed by atoms with Gasteiger partial charge in [0, 0.05) is 36.1 Å². The van der Waals surface area contributed by atoms with Gasteiger partial charge in [-0.1, -0.05) is 0 Å². The Hall–Kier alpha value is -4.90. The van der Waals surface area contributed by atoms with E-state index in [-0.39, 0.29) is 5.75 Å². The number of ether oxygens (including phenoxy) is 1. The molecule has 5 aromatic heterocycles. The van der Waals surface area contributed by atoms with Crippen LogP contribution in [-0.4, -0.2) is 72.4 Å². The van der Waals surface area contributed by atoms with Gasteiger partial charge >= 0.3 is 0 Å². The molecule has 6 rings (SSSR count). The van der Waals surface area contributed by atoms with Crippen LogP contribution in [0.1, 0.15) is 0 Å². The molecule has 11 heteroatoms. The molecule has 0 saturated heterocycles. The van der Waals surface area contributed by atoms with E-state index in [1.54, 1.807) is 24.8 Å². The molecule has 0 bridgehead atoms. The number of nitrogens with one attached hydrogen (secondary N) is 2. The number of H-pyrrole nitrogens is 2. The number of phenolic OH excluding ortho intramolecular Hbond substituents is 1. The number of hydrogen-bond acceptors (Lipinski definition) is 8. The van der Waals surface area contributed by atoms with Crippen molar-refractivity contribution < 1.29 is 14.2 Å². The molecule has 0 amide bonds. The number of imidazole rings is 1. The van der Waals surface area contributed by atoms with Crippen molar-refractivity contribution in [3.63, 3.8) is 0 Å². The van der Waals surface area contributed by atoms with Gasteiger partial charge in [-0.25, -0.2) is 14.4 Å². The van der Waals surface area contributed by atoms with Crippen LogP contribution in [0.25, 0.3) is 56.0 Å². The number of fused-ring (bicyclic) bond motifs is 2. The lowest BCUT2D eigenvalue weighted by molar-refractivity contribution is 0.261. The summed E-state index contributed by atoms with van der Waals surface area (Å²) in [5.41, 5.74) is 5.65. The zero-order valence-corrected chi connectivity index (χ0v) is 20.6. The fourth-order valence-corrected chi connectivity index (χ4v) is 4.19. The summed E-state index contributed by atoms with van der Waals surface area (Å²) in [6.45, 7) is 1.34. The molecule has 0 aliphatic heterocycles. The van der Waals surface area contributed by atoms with E-state index in [9.17, 15) is 9.50 Å². The molecule has 1 aromatic carbocycles. The van der Waals surface area contributed by atoms with Crippen LogP contribution >= 0.6 is 0 Å². The number of pyridine rings is 3. The Kier molecular flexibility index (Phi) is 5.89. The average Bonchev–Trinajstić information content (AvgIpc) is 3.51.